The van der Waals surface area contributed by atoms with Gasteiger partial charge in [0.2, 0.25) is 0 Å². The molecule has 0 atom stereocenters. The second-order valence-electron chi connectivity index (χ2n) is 2.52. The average molecular weight is 152 g/mol. The SMILES string of the molecule is C=C/C=N\C=C(/NC)C(C)C. The zero-order valence-corrected chi connectivity index (χ0v) is 7.46. The van der Waals surface area contributed by atoms with E-state index in [0.29, 0.717) is 5.92 Å². The van der Waals surface area contributed by atoms with E-state index in [2.05, 4.69) is 30.7 Å². The van der Waals surface area contributed by atoms with Gasteiger partial charge in [-0.2, -0.15) is 0 Å². The van der Waals surface area contributed by atoms with Gasteiger partial charge in [-0.3, -0.25) is 4.99 Å². The van der Waals surface area contributed by atoms with Crippen LogP contribution in [0.1, 0.15) is 13.8 Å². The molecule has 0 aliphatic heterocycles. The lowest BCUT2D eigenvalue weighted by Gasteiger charge is -2.07. The Morgan fingerprint density at radius 2 is 2.18 bits per heavy atom. The monoisotopic (exact) mass is 152 g/mol. The number of aliphatic imine (C=N–C) groups is 1. The van der Waals surface area contributed by atoms with Crippen LogP contribution in [-0.2, 0) is 0 Å². The first-order valence-corrected chi connectivity index (χ1v) is 3.74. The van der Waals surface area contributed by atoms with Crippen molar-refractivity contribution in [2.24, 2.45) is 10.9 Å². The molecule has 0 aromatic heterocycles. The summed E-state index contributed by atoms with van der Waals surface area (Å²) in [5, 5.41) is 3.07. The average Bonchev–Trinajstić information content (AvgIpc) is 1.97. The largest absolute Gasteiger partial charge is 0.390 e. The summed E-state index contributed by atoms with van der Waals surface area (Å²) < 4.78 is 0. The normalized spacial score (nSPS) is 12.5. The van der Waals surface area contributed by atoms with Crippen LogP contribution in [0.2, 0.25) is 0 Å². The summed E-state index contributed by atoms with van der Waals surface area (Å²) in [6.45, 7) is 7.76. The number of rotatable bonds is 4. The Hall–Kier alpha value is -1.05. The maximum atomic E-state index is 4.01. The number of hydrogen-bond acceptors (Lipinski definition) is 2. The van der Waals surface area contributed by atoms with Crippen molar-refractivity contribution in [2.75, 3.05) is 7.05 Å². The van der Waals surface area contributed by atoms with E-state index < -0.39 is 0 Å². The van der Waals surface area contributed by atoms with Crippen molar-refractivity contribution in [1.29, 1.82) is 0 Å². The molecule has 0 bridgehead atoms. The van der Waals surface area contributed by atoms with Crippen LogP contribution < -0.4 is 5.32 Å². The minimum Gasteiger partial charge on any atom is -0.390 e. The third kappa shape index (κ3) is 4.37. The van der Waals surface area contributed by atoms with Gasteiger partial charge in [-0.05, 0) is 5.92 Å². The van der Waals surface area contributed by atoms with Crippen LogP contribution in [0.15, 0.2) is 29.5 Å². The molecule has 0 rings (SSSR count). The molecule has 2 nitrogen and oxygen atoms in total. The lowest BCUT2D eigenvalue weighted by molar-refractivity contribution is 0.696. The second-order valence-corrected chi connectivity index (χ2v) is 2.52. The lowest BCUT2D eigenvalue weighted by atomic mass is 10.1. The molecule has 0 aromatic carbocycles. The van der Waals surface area contributed by atoms with E-state index in [4.69, 9.17) is 0 Å². The van der Waals surface area contributed by atoms with Crippen molar-refractivity contribution >= 4 is 6.21 Å². The van der Waals surface area contributed by atoms with Gasteiger partial charge in [0.15, 0.2) is 0 Å². The van der Waals surface area contributed by atoms with E-state index in [0.717, 1.165) is 5.70 Å². The van der Waals surface area contributed by atoms with Crippen LogP contribution in [0.25, 0.3) is 0 Å². The minimum atomic E-state index is 0.488. The molecule has 0 aliphatic rings. The van der Waals surface area contributed by atoms with Gasteiger partial charge in [-0.15, -0.1) is 0 Å². The Morgan fingerprint density at radius 3 is 2.55 bits per heavy atom. The van der Waals surface area contributed by atoms with Crippen LogP contribution >= 0.6 is 0 Å². The van der Waals surface area contributed by atoms with Crippen molar-refractivity contribution < 1.29 is 0 Å². The van der Waals surface area contributed by atoms with Crippen LogP contribution in [0.5, 0.6) is 0 Å². The van der Waals surface area contributed by atoms with E-state index in [9.17, 15) is 0 Å². The first-order valence-electron chi connectivity index (χ1n) is 3.74. The standard InChI is InChI=1S/C9H16N2/c1-5-6-11-7-9(10-4)8(2)3/h5-8,10H,1H2,2-4H3/b9-7-,11-6-. The van der Waals surface area contributed by atoms with Gasteiger partial charge in [0.25, 0.3) is 0 Å². The third-order valence-electron chi connectivity index (χ3n) is 1.32. The molecule has 0 aromatic rings. The van der Waals surface area contributed by atoms with E-state index in [-0.39, 0.29) is 0 Å². The molecular formula is C9H16N2. The van der Waals surface area contributed by atoms with E-state index in [1.165, 1.54) is 0 Å². The number of allylic oxidation sites excluding steroid dienone is 2. The molecule has 0 fully saturated rings. The Morgan fingerprint density at radius 1 is 1.55 bits per heavy atom. The Bertz CT molecular complexity index is 166. The van der Waals surface area contributed by atoms with E-state index in [1.807, 2.05) is 13.2 Å². The van der Waals surface area contributed by atoms with Gasteiger partial charge in [0.05, 0.1) is 0 Å². The van der Waals surface area contributed by atoms with Crippen molar-refractivity contribution in [1.82, 2.24) is 5.32 Å². The Kier molecular flexibility index (Phi) is 5.17. The molecule has 2 heteroatoms. The summed E-state index contributed by atoms with van der Waals surface area (Å²) >= 11 is 0. The molecule has 0 aliphatic carbocycles. The molecular weight excluding hydrogens is 136 g/mol. The summed E-state index contributed by atoms with van der Waals surface area (Å²) in [6.07, 6.45) is 5.14. The van der Waals surface area contributed by atoms with Gasteiger partial charge in [0, 0.05) is 25.2 Å². The molecule has 0 heterocycles. The van der Waals surface area contributed by atoms with Crippen LogP contribution in [0.4, 0.5) is 0 Å². The van der Waals surface area contributed by atoms with Crippen molar-refractivity contribution in [3.05, 3.63) is 24.6 Å². The first-order chi connectivity index (χ1) is 5.22. The first kappa shape index (κ1) is 9.95. The van der Waals surface area contributed by atoms with Crippen LogP contribution in [-0.4, -0.2) is 13.3 Å². The molecule has 0 radical (unpaired) electrons. The Balaban J connectivity index is 4.11. The van der Waals surface area contributed by atoms with Crippen LogP contribution in [0, 0.1) is 5.92 Å². The predicted octanol–water partition coefficient (Wildman–Crippen LogP) is 1.96. The molecule has 62 valence electrons. The summed E-state index contributed by atoms with van der Waals surface area (Å²) in [5.74, 6) is 0.488. The fourth-order valence-corrected chi connectivity index (χ4v) is 0.686. The van der Waals surface area contributed by atoms with E-state index >= 15 is 0 Å². The molecule has 1 N–H and O–H groups in total. The van der Waals surface area contributed by atoms with Crippen LogP contribution in [0.3, 0.4) is 0 Å². The summed E-state index contributed by atoms with van der Waals surface area (Å²) in [6, 6.07) is 0. The minimum absolute atomic E-state index is 0.488. The molecule has 11 heavy (non-hydrogen) atoms. The summed E-state index contributed by atoms with van der Waals surface area (Å²) in [5.41, 5.74) is 1.13. The summed E-state index contributed by atoms with van der Waals surface area (Å²) in [7, 11) is 1.90. The maximum absolute atomic E-state index is 4.01. The molecule has 0 unspecified atom stereocenters. The lowest BCUT2D eigenvalue weighted by Crippen LogP contribution is -2.10. The smallest absolute Gasteiger partial charge is 0.0459 e. The molecule has 0 spiro atoms. The molecule has 0 amide bonds. The van der Waals surface area contributed by atoms with Gasteiger partial charge in [0.1, 0.15) is 0 Å². The maximum Gasteiger partial charge on any atom is 0.0459 e. The van der Waals surface area contributed by atoms with Crippen molar-refractivity contribution in [3.63, 3.8) is 0 Å². The van der Waals surface area contributed by atoms with E-state index in [1.54, 1.807) is 12.3 Å². The quantitative estimate of drug-likeness (QED) is 0.612. The highest BCUT2D eigenvalue weighted by molar-refractivity contribution is 5.70. The molecule has 0 saturated carbocycles. The van der Waals surface area contributed by atoms with Gasteiger partial charge in [-0.1, -0.05) is 26.5 Å². The number of nitrogens with zero attached hydrogens (tertiary/aromatic N) is 1. The van der Waals surface area contributed by atoms with Crippen molar-refractivity contribution in [2.45, 2.75) is 13.8 Å². The highest BCUT2D eigenvalue weighted by atomic mass is 14.9. The third-order valence-corrected chi connectivity index (χ3v) is 1.32. The highest BCUT2D eigenvalue weighted by Crippen LogP contribution is 2.03. The fourth-order valence-electron chi connectivity index (χ4n) is 0.686. The number of hydrogen-bond donors (Lipinski definition) is 1. The Labute approximate surface area is 68.7 Å². The second kappa shape index (κ2) is 5.71. The fraction of sp³-hybridized carbons (Fsp3) is 0.444. The predicted molar refractivity (Wildman–Crippen MR) is 50.7 cm³/mol. The van der Waals surface area contributed by atoms with Gasteiger partial charge < -0.3 is 5.32 Å². The van der Waals surface area contributed by atoms with Crippen molar-refractivity contribution in [3.8, 4) is 0 Å². The van der Waals surface area contributed by atoms with Gasteiger partial charge >= 0.3 is 0 Å². The zero-order chi connectivity index (χ0) is 8.69. The number of nitrogens with one attached hydrogen (secondary N) is 1. The highest BCUT2D eigenvalue weighted by Gasteiger charge is 1.97. The summed E-state index contributed by atoms with van der Waals surface area (Å²) in [4.78, 5) is 4.01. The van der Waals surface area contributed by atoms with Gasteiger partial charge in [-0.25, -0.2) is 0 Å². The zero-order valence-electron chi connectivity index (χ0n) is 7.46. The molecule has 0 saturated heterocycles. The topological polar surface area (TPSA) is 24.4 Å².